The van der Waals surface area contributed by atoms with Gasteiger partial charge in [-0.25, -0.2) is 9.78 Å². The quantitative estimate of drug-likeness (QED) is 0.880. The lowest BCUT2D eigenvalue weighted by molar-refractivity contribution is 0.0698. The Morgan fingerprint density at radius 3 is 2.83 bits per heavy atom. The van der Waals surface area contributed by atoms with E-state index in [-0.39, 0.29) is 17.2 Å². The summed E-state index contributed by atoms with van der Waals surface area (Å²) in [5.74, 6) is -1.50. The number of nitrogens with zero attached hydrogens (tertiary/aromatic N) is 2. The Balaban J connectivity index is 2.28. The van der Waals surface area contributed by atoms with E-state index in [0.717, 1.165) is 0 Å². The number of thiazole rings is 1. The number of pyridine rings is 1. The van der Waals surface area contributed by atoms with Crippen molar-refractivity contribution in [3.05, 3.63) is 40.1 Å². The lowest BCUT2D eigenvalue weighted by Gasteiger charge is -2.06. The van der Waals surface area contributed by atoms with E-state index in [4.69, 9.17) is 5.11 Å². The summed E-state index contributed by atoms with van der Waals surface area (Å²) in [6.07, 6.45) is 2.66. The van der Waals surface area contributed by atoms with E-state index < -0.39 is 5.97 Å². The molecule has 2 aromatic heterocycles. The third-order valence-electron chi connectivity index (χ3n) is 2.25. The predicted molar refractivity (Wildman–Crippen MR) is 66.0 cm³/mol. The molecule has 2 rings (SSSR count). The van der Waals surface area contributed by atoms with Gasteiger partial charge in [-0.1, -0.05) is 0 Å². The third-order valence-corrected chi connectivity index (χ3v) is 3.18. The number of carboxylic acids is 1. The number of amides is 1. The summed E-state index contributed by atoms with van der Waals surface area (Å²) in [7, 11) is 0. The lowest BCUT2D eigenvalue weighted by atomic mass is 10.2. The maximum Gasteiger partial charge on any atom is 0.337 e. The standard InChI is InChI=1S/C11H9N3O3S/c1-6-9(18-5-13-6)10(15)14-8-4-12-3-2-7(8)11(16)17/h2-5H,1H3,(H,14,15)(H,16,17). The van der Waals surface area contributed by atoms with Gasteiger partial charge < -0.3 is 10.4 Å². The van der Waals surface area contributed by atoms with Crippen LogP contribution in [0, 0.1) is 6.92 Å². The largest absolute Gasteiger partial charge is 0.478 e. The van der Waals surface area contributed by atoms with Crippen molar-refractivity contribution in [2.75, 3.05) is 5.32 Å². The van der Waals surface area contributed by atoms with Crippen LogP contribution >= 0.6 is 11.3 Å². The molecule has 2 N–H and O–H groups in total. The summed E-state index contributed by atoms with van der Waals surface area (Å²) in [5, 5.41) is 11.5. The second-order valence-corrected chi connectivity index (χ2v) is 4.30. The van der Waals surface area contributed by atoms with Crippen LogP contribution in [0.25, 0.3) is 0 Å². The molecule has 0 saturated heterocycles. The second kappa shape index (κ2) is 4.92. The molecule has 0 spiro atoms. The smallest absolute Gasteiger partial charge is 0.337 e. The highest BCUT2D eigenvalue weighted by molar-refractivity contribution is 7.12. The predicted octanol–water partition coefficient (Wildman–Crippen LogP) is 1.80. The molecule has 0 aliphatic heterocycles. The maximum absolute atomic E-state index is 11.9. The number of carbonyl (C=O) groups excluding carboxylic acids is 1. The highest BCUT2D eigenvalue weighted by atomic mass is 32.1. The zero-order chi connectivity index (χ0) is 13.1. The van der Waals surface area contributed by atoms with Crippen molar-refractivity contribution in [1.82, 2.24) is 9.97 Å². The van der Waals surface area contributed by atoms with Gasteiger partial charge in [-0.15, -0.1) is 11.3 Å². The van der Waals surface area contributed by atoms with Crippen molar-refractivity contribution >= 4 is 28.9 Å². The summed E-state index contributed by atoms with van der Waals surface area (Å²) in [4.78, 5) is 31.1. The lowest BCUT2D eigenvalue weighted by Crippen LogP contribution is -2.14. The Labute approximate surface area is 106 Å². The van der Waals surface area contributed by atoms with Gasteiger partial charge in [0.15, 0.2) is 0 Å². The molecule has 0 atom stereocenters. The topological polar surface area (TPSA) is 92.2 Å². The average molecular weight is 263 g/mol. The van der Waals surface area contributed by atoms with E-state index >= 15 is 0 Å². The van der Waals surface area contributed by atoms with Gasteiger partial charge in [0, 0.05) is 6.20 Å². The zero-order valence-electron chi connectivity index (χ0n) is 9.38. The van der Waals surface area contributed by atoms with Gasteiger partial charge in [0.1, 0.15) is 4.88 Å². The molecule has 0 fully saturated rings. The highest BCUT2D eigenvalue weighted by Gasteiger charge is 2.16. The van der Waals surface area contributed by atoms with Gasteiger partial charge in [0.25, 0.3) is 5.91 Å². The van der Waals surface area contributed by atoms with Crippen molar-refractivity contribution in [3.8, 4) is 0 Å². The average Bonchev–Trinajstić information content (AvgIpc) is 2.76. The van der Waals surface area contributed by atoms with Crippen molar-refractivity contribution < 1.29 is 14.7 Å². The Morgan fingerprint density at radius 2 is 2.22 bits per heavy atom. The number of rotatable bonds is 3. The summed E-state index contributed by atoms with van der Waals surface area (Å²) < 4.78 is 0. The molecule has 0 radical (unpaired) electrons. The fourth-order valence-electron chi connectivity index (χ4n) is 1.38. The van der Waals surface area contributed by atoms with E-state index in [1.165, 1.54) is 29.8 Å². The monoisotopic (exact) mass is 263 g/mol. The van der Waals surface area contributed by atoms with E-state index in [1.807, 2.05) is 0 Å². The molecule has 0 saturated carbocycles. The molecule has 2 heterocycles. The number of aromatic nitrogens is 2. The number of aryl methyl sites for hydroxylation is 1. The molecule has 0 aliphatic carbocycles. The molecule has 1 amide bonds. The van der Waals surface area contributed by atoms with E-state index in [0.29, 0.717) is 10.6 Å². The summed E-state index contributed by atoms with van der Waals surface area (Å²) in [6, 6.07) is 1.33. The molecule has 0 bridgehead atoms. The molecule has 2 aromatic rings. The fraction of sp³-hybridized carbons (Fsp3) is 0.0909. The number of anilines is 1. The Morgan fingerprint density at radius 1 is 1.44 bits per heavy atom. The van der Waals surface area contributed by atoms with E-state index in [9.17, 15) is 9.59 Å². The number of hydrogen-bond acceptors (Lipinski definition) is 5. The van der Waals surface area contributed by atoms with Gasteiger partial charge >= 0.3 is 5.97 Å². The van der Waals surface area contributed by atoms with Gasteiger partial charge in [0.05, 0.1) is 28.7 Å². The molecule has 6 nitrogen and oxygen atoms in total. The SMILES string of the molecule is Cc1ncsc1C(=O)Nc1cnccc1C(=O)O. The molecule has 0 unspecified atom stereocenters. The molecule has 0 aromatic carbocycles. The minimum Gasteiger partial charge on any atom is -0.478 e. The number of nitrogens with one attached hydrogen (secondary N) is 1. The van der Waals surface area contributed by atoms with Gasteiger partial charge in [0.2, 0.25) is 0 Å². The number of carbonyl (C=O) groups is 2. The van der Waals surface area contributed by atoms with Crippen LogP contribution in [-0.2, 0) is 0 Å². The van der Waals surface area contributed by atoms with Crippen LogP contribution in [0.2, 0.25) is 0 Å². The van der Waals surface area contributed by atoms with Crippen LogP contribution in [-0.4, -0.2) is 27.0 Å². The summed E-state index contributed by atoms with van der Waals surface area (Å²) in [6.45, 7) is 1.72. The highest BCUT2D eigenvalue weighted by Crippen LogP contribution is 2.18. The molecule has 7 heteroatoms. The first-order chi connectivity index (χ1) is 8.59. The third kappa shape index (κ3) is 2.35. The van der Waals surface area contributed by atoms with Crippen LogP contribution < -0.4 is 5.32 Å². The Kier molecular flexibility index (Phi) is 3.33. The van der Waals surface area contributed by atoms with Crippen LogP contribution in [0.1, 0.15) is 25.7 Å². The van der Waals surface area contributed by atoms with Crippen LogP contribution in [0.4, 0.5) is 5.69 Å². The van der Waals surface area contributed by atoms with Crippen molar-refractivity contribution in [2.45, 2.75) is 6.92 Å². The van der Waals surface area contributed by atoms with Crippen molar-refractivity contribution in [2.24, 2.45) is 0 Å². The maximum atomic E-state index is 11.9. The first-order valence-corrected chi connectivity index (χ1v) is 5.86. The molecule has 0 aliphatic rings. The first kappa shape index (κ1) is 12.2. The van der Waals surface area contributed by atoms with E-state index in [2.05, 4.69) is 15.3 Å². The molecular weight excluding hydrogens is 254 g/mol. The number of carboxylic acid groups (broad SMARTS) is 1. The zero-order valence-corrected chi connectivity index (χ0v) is 10.2. The molecule has 92 valence electrons. The van der Waals surface area contributed by atoms with Crippen molar-refractivity contribution in [3.63, 3.8) is 0 Å². The molecule has 18 heavy (non-hydrogen) atoms. The molecular formula is C11H9N3O3S. The fourth-order valence-corrected chi connectivity index (χ4v) is 2.08. The summed E-state index contributed by atoms with van der Waals surface area (Å²) >= 11 is 1.20. The van der Waals surface area contributed by atoms with Gasteiger partial charge in [-0.3, -0.25) is 9.78 Å². The minimum absolute atomic E-state index is 0.000480. The normalized spacial score (nSPS) is 10.1. The Hall–Kier alpha value is -2.28. The number of hydrogen-bond donors (Lipinski definition) is 2. The second-order valence-electron chi connectivity index (χ2n) is 3.45. The van der Waals surface area contributed by atoms with Gasteiger partial charge in [-0.2, -0.15) is 0 Å². The van der Waals surface area contributed by atoms with Gasteiger partial charge in [-0.05, 0) is 13.0 Å². The van der Waals surface area contributed by atoms with E-state index in [1.54, 1.807) is 12.4 Å². The minimum atomic E-state index is -1.12. The van der Waals surface area contributed by atoms with Crippen molar-refractivity contribution in [1.29, 1.82) is 0 Å². The first-order valence-electron chi connectivity index (χ1n) is 4.98. The van der Waals surface area contributed by atoms with Crippen LogP contribution in [0.15, 0.2) is 24.0 Å². The number of aromatic carboxylic acids is 1. The van der Waals surface area contributed by atoms with Crippen LogP contribution in [0.3, 0.4) is 0 Å². The Bertz CT molecular complexity index is 609. The van der Waals surface area contributed by atoms with Crippen LogP contribution in [0.5, 0.6) is 0 Å². The summed E-state index contributed by atoms with van der Waals surface area (Å²) in [5.41, 5.74) is 2.34.